The molecule has 0 saturated heterocycles. The van der Waals surface area contributed by atoms with Crippen LogP contribution in [0.15, 0.2) is 25.9 Å². The van der Waals surface area contributed by atoms with Gasteiger partial charge < -0.3 is 13.7 Å². The van der Waals surface area contributed by atoms with Gasteiger partial charge in [-0.2, -0.15) is 4.98 Å². The molecule has 6 nitrogen and oxygen atoms in total. The van der Waals surface area contributed by atoms with Gasteiger partial charge in [0, 0.05) is 17.0 Å². The zero-order chi connectivity index (χ0) is 16.1. The van der Waals surface area contributed by atoms with Crippen LogP contribution in [0.5, 0.6) is 5.75 Å². The number of methoxy groups -OCH3 is 1. The van der Waals surface area contributed by atoms with Crippen LogP contribution in [-0.2, 0) is 0 Å². The molecule has 2 aromatic heterocycles. The Bertz CT molecular complexity index is 967. The summed E-state index contributed by atoms with van der Waals surface area (Å²) in [6.07, 6.45) is 2.21. The van der Waals surface area contributed by atoms with Crippen molar-refractivity contribution >= 4 is 11.0 Å². The molecule has 1 aliphatic carbocycles. The van der Waals surface area contributed by atoms with Gasteiger partial charge in [-0.1, -0.05) is 5.16 Å². The lowest BCUT2D eigenvalue weighted by molar-refractivity contribution is 0.414. The van der Waals surface area contributed by atoms with Gasteiger partial charge in [0.15, 0.2) is 5.82 Å². The second-order valence-electron chi connectivity index (χ2n) is 5.92. The van der Waals surface area contributed by atoms with Crippen molar-refractivity contribution in [1.82, 2.24) is 10.1 Å². The maximum Gasteiger partial charge on any atom is 0.339 e. The van der Waals surface area contributed by atoms with E-state index in [0.717, 1.165) is 29.6 Å². The first-order valence-electron chi connectivity index (χ1n) is 7.54. The Hall–Kier alpha value is -2.63. The number of aryl methyl sites for hydroxylation is 1. The Morgan fingerprint density at radius 2 is 2.00 bits per heavy atom. The topological polar surface area (TPSA) is 78.4 Å². The summed E-state index contributed by atoms with van der Waals surface area (Å²) in [6.45, 7) is 3.63. The summed E-state index contributed by atoms with van der Waals surface area (Å²) in [5, 5.41) is 4.81. The number of benzene rings is 1. The average Bonchev–Trinajstić information content (AvgIpc) is 3.28. The summed E-state index contributed by atoms with van der Waals surface area (Å²) in [4.78, 5) is 16.4. The molecule has 3 aromatic rings. The van der Waals surface area contributed by atoms with E-state index in [-0.39, 0.29) is 5.63 Å². The molecule has 1 fully saturated rings. The van der Waals surface area contributed by atoms with Crippen molar-refractivity contribution < 1.29 is 13.7 Å². The smallest absolute Gasteiger partial charge is 0.339 e. The van der Waals surface area contributed by atoms with E-state index in [2.05, 4.69) is 10.1 Å². The fourth-order valence-corrected chi connectivity index (χ4v) is 2.70. The third kappa shape index (κ3) is 2.21. The molecule has 0 N–H and O–H groups in total. The minimum atomic E-state index is -0.349. The molecule has 118 valence electrons. The molecule has 1 aromatic carbocycles. The van der Waals surface area contributed by atoms with Crippen LogP contribution in [0, 0.1) is 13.8 Å². The van der Waals surface area contributed by atoms with Gasteiger partial charge >= 0.3 is 5.63 Å². The minimum Gasteiger partial charge on any atom is -0.496 e. The van der Waals surface area contributed by atoms with Crippen LogP contribution >= 0.6 is 0 Å². The number of rotatable bonds is 3. The highest BCUT2D eigenvalue weighted by molar-refractivity contribution is 5.90. The van der Waals surface area contributed by atoms with Gasteiger partial charge in [0.1, 0.15) is 11.3 Å². The van der Waals surface area contributed by atoms with Crippen molar-refractivity contribution in [2.24, 2.45) is 0 Å². The molecule has 6 heteroatoms. The van der Waals surface area contributed by atoms with Crippen LogP contribution in [0.3, 0.4) is 0 Å². The molecule has 1 saturated carbocycles. The normalized spacial score (nSPS) is 14.4. The van der Waals surface area contributed by atoms with E-state index < -0.39 is 0 Å². The monoisotopic (exact) mass is 312 g/mol. The maximum atomic E-state index is 11.9. The number of hydrogen-bond acceptors (Lipinski definition) is 6. The number of aromatic nitrogens is 2. The lowest BCUT2D eigenvalue weighted by Gasteiger charge is -2.10. The van der Waals surface area contributed by atoms with E-state index in [9.17, 15) is 4.79 Å². The summed E-state index contributed by atoms with van der Waals surface area (Å²) in [6, 6.07) is 3.58. The van der Waals surface area contributed by atoms with Crippen LogP contribution in [0.2, 0.25) is 0 Å². The van der Waals surface area contributed by atoms with Gasteiger partial charge in [0.2, 0.25) is 0 Å². The van der Waals surface area contributed by atoms with E-state index in [1.54, 1.807) is 20.1 Å². The molecule has 0 radical (unpaired) electrons. The third-order valence-corrected chi connectivity index (χ3v) is 4.36. The quantitative estimate of drug-likeness (QED) is 0.690. The summed E-state index contributed by atoms with van der Waals surface area (Å²) >= 11 is 0. The van der Waals surface area contributed by atoms with Crippen LogP contribution < -0.4 is 10.4 Å². The first-order valence-corrected chi connectivity index (χ1v) is 7.54. The maximum absolute atomic E-state index is 11.9. The molecule has 0 aliphatic heterocycles. The van der Waals surface area contributed by atoms with E-state index >= 15 is 0 Å². The van der Waals surface area contributed by atoms with E-state index in [4.69, 9.17) is 13.7 Å². The summed E-state index contributed by atoms with van der Waals surface area (Å²) in [5.74, 6) is 2.18. The zero-order valence-electron chi connectivity index (χ0n) is 13.2. The fraction of sp³-hybridized carbons (Fsp3) is 0.353. The second-order valence-corrected chi connectivity index (χ2v) is 5.92. The molecule has 4 rings (SSSR count). The molecule has 0 amide bonds. The lowest BCUT2D eigenvalue weighted by atomic mass is 10.0. The summed E-state index contributed by atoms with van der Waals surface area (Å²) in [5.41, 5.74) is 2.22. The number of fused-ring (bicyclic) bond motifs is 1. The van der Waals surface area contributed by atoms with Gasteiger partial charge in [-0.05, 0) is 44.4 Å². The van der Waals surface area contributed by atoms with Crippen LogP contribution in [0.4, 0.5) is 0 Å². The first kappa shape index (κ1) is 14.0. The highest BCUT2D eigenvalue weighted by Crippen LogP contribution is 2.40. The number of hydrogen-bond donors (Lipinski definition) is 0. The summed E-state index contributed by atoms with van der Waals surface area (Å²) < 4.78 is 16.2. The Morgan fingerprint density at radius 3 is 2.70 bits per heavy atom. The van der Waals surface area contributed by atoms with Gasteiger partial charge in [-0.15, -0.1) is 0 Å². The highest BCUT2D eigenvalue weighted by atomic mass is 16.5. The van der Waals surface area contributed by atoms with Gasteiger partial charge in [0.05, 0.1) is 12.5 Å². The van der Waals surface area contributed by atoms with E-state index in [0.29, 0.717) is 34.3 Å². The number of nitrogens with zero attached hydrogens (tertiary/aromatic N) is 2. The largest absolute Gasteiger partial charge is 0.496 e. The lowest BCUT2D eigenvalue weighted by Crippen LogP contribution is -2.06. The SMILES string of the molecule is COc1cc(-c2nc(C3CC3)no2)cc2oc(=O)c(C)c(C)c12. The fourth-order valence-electron chi connectivity index (χ4n) is 2.70. The van der Waals surface area contributed by atoms with Crippen molar-refractivity contribution in [2.75, 3.05) is 7.11 Å². The van der Waals surface area contributed by atoms with Crippen molar-refractivity contribution in [1.29, 1.82) is 0 Å². The molecule has 0 unspecified atom stereocenters. The van der Waals surface area contributed by atoms with E-state index in [1.807, 2.05) is 13.0 Å². The van der Waals surface area contributed by atoms with Crippen LogP contribution in [-0.4, -0.2) is 17.3 Å². The Morgan fingerprint density at radius 1 is 1.22 bits per heavy atom. The predicted octanol–water partition coefficient (Wildman–Crippen LogP) is 3.35. The molecule has 0 spiro atoms. The molecule has 2 heterocycles. The molecule has 1 aliphatic rings. The minimum absolute atomic E-state index is 0.349. The first-order chi connectivity index (χ1) is 11.1. The Balaban J connectivity index is 1.94. The predicted molar refractivity (Wildman–Crippen MR) is 83.8 cm³/mol. The second kappa shape index (κ2) is 4.94. The Labute approximate surface area is 132 Å². The molecule has 0 bridgehead atoms. The van der Waals surface area contributed by atoms with Crippen molar-refractivity contribution in [3.05, 3.63) is 39.5 Å². The van der Waals surface area contributed by atoms with Crippen molar-refractivity contribution in [3.63, 3.8) is 0 Å². The van der Waals surface area contributed by atoms with Crippen LogP contribution in [0.1, 0.15) is 35.7 Å². The number of ether oxygens (including phenoxy) is 1. The average molecular weight is 312 g/mol. The highest BCUT2D eigenvalue weighted by Gasteiger charge is 2.29. The molecular weight excluding hydrogens is 296 g/mol. The van der Waals surface area contributed by atoms with Crippen molar-refractivity contribution in [3.8, 4) is 17.2 Å². The Kier molecular flexibility index (Phi) is 3.01. The molecule has 23 heavy (non-hydrogen) atoms. The standard InChI is InChI=1S/C17H16N2O4/c1-8-9(2)17(20)22-13-7-11(6-12(21-3)14(8)13)16-18-15(19-23-16)10-4-5-10/h6-7,10H,4-5H2,1-3H3. The zero-order valence-corrected chi connectivity index (χ0v) is 13.2. The van der Waals surface area contributed by atoms with Gasteiger partial charge in [-0.3, -0.25) is 0 Å². The molecular formula is C17H16N2O4. The summed E-state index contributed by atoms with van der Waals surface area (Å²) in [7, 11) is 1.59. The third-order valence-electron chi connectivity index (χ3n) is 4.36. The van der Waals surface area contributed by atoms with Crippen molar-refractivity contribution in [2.45, 2.75) is 32.6 Å². The molecule has 0 atom stereocenters. The van der Waals surface area contributed by atoms with Gasteiger partial charge in [0.25, 0.3) is 5.89 Å². The van der Waals surface area contributed by atoms with E-state index in [1.165, 1.54) is 0 Å². The van der Waals surface area contributed by atoms with Gasteiger partial charge in [-0.25, -0.2) is 4.79 Å². The van der Waals surface area contributed by atoms with Crippen LogP contribution in [0.25, 0.3) is 22.4 Å².